The van der Waals surface area contributed by atoms with E-state index in [1.807, 2.05) is 54.5 Å². The van der Waals surface area contributed by atoms with Crippen LogP contribution in [-0.4, -0.2) is 9.73 Å². The van der Waals surface area contributed by atoms with Crippen molar-refractivity contribution in [3.8, 4) is 17.2 Å². The summed E-state index contributed by atoms with van der Waals surface area (Å²) in [6.07, 6.45) is 3.76. The molecule has 0 aliphatic rings. The molecule has 2 nitrogen and oxygen atoms in total. The highest BCUT2D eigenvalue weighted by Gasteiger charge is 2.17. The molecule has 3 rings (SSSR count). The average molecular weight is 318 g/mol. The van der Waals surface area contributed by atoms with Crippen molar-refractivity contribution in [2.24, 2.45) is 0 Å². The number of nitrogens with zero attached hydrogens (tertiary/aromatic N) is 2. The molecule has 0 fully saturated rings. The zero-order valence-corrected chi connectivity index (χ0v) is 14.3. The summed E-state index contributed by atoms with van der Waals surface area (Å²) in [5.74, 6) is 0. The van der Waals surface area contributed by atoms with E-state index in [1.165, 1.54) is 4.90 Å². The molecular weight excluding hydrogens is 300 g/mol. The normalized spacial score (nSPS) is 11.4. The molecule has 3 heteroatoms. The Morgan fingerprint density at radius 3 is 2.39 bits per heavy atom. The van der Waals surface area contributed by atoms with E-state index in [-0.39, 0.29) is 4.75 Å². The first-order valence-electron chi connectivity index (χ1n) is 7.55. The van der Waals surface area contributed by atoms with Crippen molar-refractivity contribution in [1.82, 2.24) is 4.98 Å². The number of fused-ring (bicyclic) bond motifs is 1. The van der Waals surface area contributed by atoms with E-state index >= 15 is 0 Å². The van der Waals surface area contributed by atoms with Crippen LogP contribution in [0.1, 0.15) is 26.3 Å². The molecule has 0 aliphatic heterocycles. The Balaban J connectivity index is 2.25. The van der Waals surface area contributed by atoms with Crippen molar-refractivity contribution >= 4 is 22.5 Å². The van der Waals surface area contributed by atoms with Crippen LogP contribution in [0.3, 0.4) is 0 Å². The van der Waals surface area contributed by atoms with Gasteiger partial charge in [0, 0.05) is 33.0 Å². The number of rotatable bonds is 2. The fourth-order valence-electron chi connectivity index (χ4n) is 2.63. The maximum Gasteiger partial charge on any atom is 0.0998 e. The predicted octanol–water partition coefficient (Wildman–Crippen LogP) is 5.66. The molecule has 0 saturated heterocycles. The Hall–Kier alpha value is -2.31. The molecule has 0 atom stereocenters. The molecule has 0 N–H and O–H groups in total. The molecule has 0 amide bonds. The fourth-order valence-corrected chi connectivity index (χ4v) is 3.70. The van der Waals surface area contributed by atoms with Gasteiger partial charge in [-0.05, 0) is 23.1 Å². The summed E-state index contributed by atoms with van der Waals surface area (Å²) in [5, 5.41) is 11.4. The molecule has 2 aromatic carbocycles. The van der Waals surface area contributed by atoms with E-state index in [1.54, 1.807) is 0 Å². The molecule has 1 aromatic heterocycles. The van der Waals surface area contributed by atoms with Crippen LogP contribution in [0.4, 0.5) is 0 Å². The third kappa shape index (κ3) is 3.23. The molecule has 0 aliphatic carbocycles. The second-order valence-corrected chi connectivity index (χ2v) is 8.27. The van der Waals surface area contributed by atoms with Gasteiger partial charge >= 0.3 is 0 Å². The van der Waals surface area contributed by atoms with E-state index in [0.717, 1.165) is 21.9 Å². The lowest BCUT2D eigenvalue weighted by atomic mass is 9.96. The maximum atomic E-state index is 9.34. The minimum atomic E-state index is 0.124. The molecular formula is C20H18N2S. The highest BCUT2D eigenvalue weighted by Crippen LogP contribution is 2.40. The number of hydrogen-bond donors (Lipinski definition) is 0. The van der Waals surface area contributed by atoms with Crippen molar-refractivity contribution in [2.45, 2.75) is 30.4 Å². The predicted molar refractivity (Wildman–Crippen MR) is 97.5 cm³/mol. The van der Waals surface area contributed by atoms with Crippen molar-refractivity contribution in [3.63, 3.8) is 0 Å². The first kappa shape index (κ1) is 15.6. The van der Waals surface area contributed by atoms with Crippen LogP contribution in [0.25, 0.3) is 21.9 Å². The summed E-state index contributed by atoms with van der Waals surface area (Å²) in [7, 11) is 0. The quantitative estimate of drug-likeness (QED) is 0.572. The number of pyridine rings is 1. The van der Waals surface area contributed by atoms with Crippen LogP contribution in [0.15, 0.2) is 59.8 Å². The van der Waals surface area contributed by atoms with Gasteiger partial charge in [0.25, 0.3) is 0 Å². The van der Waals surface area contributed by atoms with Gasteiger partial charge in [-0.2, -0.15) is 5.26 Å². The number of thioether (sulfide) groups is 1. The first-order chi connectivity index (χ1) is 11.0. The van der Waals surface area contributed by atoms with Crippen LogP contribution in [0.5, 0.6) is 0 Å². The summed E-state index contributed by atoms with van der Waals surface area (Å²) in [4.78, 5) is 5.53. The molecule has 0 radical (unpaired) electrons. The summed E-state index contributed by atoms with van der Waals surface area (Å²) in [6, 6.07) is 16.3. The third-order valence-electron chi connectivity index (χ3n) is 3.53. The van der Waals surface area contributed by atoms with Gasteiger partial charge in [-0.1, -0.05) is 51.1 Å². The highest BCUT2D eigenvalue weighted by molar-refractivity contribution is 8.00. The molecule has 3 aromatic rings. The molecule has 23 heavy (non-hydrogen) atoms. The van der Waals surface area contributed by atoms with Gasteiger partial charge in [0.05, 0.1) is 11.6 Å². The van der Waals surface area contributed by atoms with Gasteiger partial charge in [0.1, 0.15) is 0 Å². The van der Waals surface area contributed by atoms with Crippen LogP contribution < -0.4 is 0 Å². The van der Waals surface area contributed by atoms with E-state index < -0.39 is 0 Å². The lowest BCUT2D eigenvalue weighted by Crippen LogP contribution is -2.07. The monoisotopic (exact) mass is 318 g/mol. The number of hydrogen-bond acceptors (Lipinski definition) is 3. The van der Waals surface area contributed by atoms with Gasteiger partial charge in [0.15, 0.2) is 0 Å². The Morgan fingerprint density at radius 1 is 0.957 bits per heavy atom. The minimum Gasteiger partial charge on any atom is -0.264 e. The van der Waals surface area contributed by atoms with Crippen LogP contribution in [0, 0.1) is 11.3 Å². The molecule has 0 spiro atoms. The van der Waals surface area contributed by atoms with E-state index in [2.05, 4.69) is 44.0 Å². The topological polar surface area (TPSA) is 36.7 Å². The number of benzene rings is 2. The molecule has 0 saturated carbocycles. The average Bonchev–Trinajstić information content (AvgIpc) is 2.53. The summed E-state index contributed by atoms with van der Waals surface area (Å²) < 4.78 is 0.124. The fraction of sp³-hybridized carbons (Fsp3) is 0.200. The Morgan fingerprint density at radius 2 is 1.70 bits per heavy atom. The summed E-state index contributed by atoms with van der Waals surface area (Å²) in [6.45, 7) is 6.62. The Bertz CT molecular complexity index is 901. The lowest BCUT2D eigenvalue weighted by Gasteiger charge is -2.20. The standard InChI is InChI=1S/C20H18N2S/c1-20(2,3)23-19-10-11-22-13-18(19)17-9-8-14(12-21)15-6-4-5-7-16(15)17/h4-11,13H,1-3H3. The minimum absolute atomic E-state index is 0.124. The van der Waals surface area contributed by atoms with E-state index in [0.29, 0.717) is 5.56 Å². The van der Waals surface area contributed by atoms with Crippen molar-refractivity contribution < 1.29 is 0 Å². The summed E-state index contributed by atoms with van der Waals surface area (Å²) >= 11 is 1.84. The van der Waals surface area contributed by atoms with Gasteiger partial charge in [-0.3, -0.25) is 4.98 Å². The maximum absolute atomic E-state index is 9.34. The second-order valence-electron chi connectivity index (χ2n) is 6.40. The Kier molecular flexibility index (Phi) is 4.11. The van der Waals surface area contributed by atoms with Gasteiger partial charge in [-0.15, -0.1) is 11.8 Å². The van der Waals surface area contributed by atoms with Crippen LogP contribution in [-0.2, 0) is 0 Å². The summed E-state index contributed by atoms with van der Waals surface area (Å²) in [5.41, 5.74) is 2.95. The molecule has 114 valence electrons. The van der Waals surface area contributed by atoms with Gasteiger partial charge in [0.2, 0.25) is 0 Å². The Labute approximate surface area is 141 Å². The molecule has 0 unspecified atom stereocenters. The number of aromatic nitrogens is 1. The molecule has 0 bridgehead atoms. The van der Waals surface area contributed by atoms with Crippen molar-refractivity contribution in [3.05, 3.63) is 60.4 Å². The van der Waals surface area contributed by atoms with E-state index in [4.69, 9.17) is 0 Å². The van der Waals surface area contributed by atoms with Crippen molar-refractivity contribution in [2.75, 3.05) is 0 Å². The SMILES string of the molecule is CC(C)(C)Sc1ccncc1-c1ccc(C#N)c2ccccc12. The largest absolute Gasteiger partial charge is 0.264 e. The third-order valence-corrected chi connectivity index (χ3v) is 4.72. The zero-order valence-electron chi connectivity index (χ0n) is 13.5. The smallest absolute Gasteiger partial charge is 0.0998 e. The first-order valence-corrected chi connectivity index (χ1v) is 8.36. The number of nitriles is 1. The van der Waals surface area contributed by atoms with Crippen LogP contribution >= 0.6 is 11.8 Å². The zero-order chi connectivity index (χ0) is 16.4. The van der Waals surface area contributed by atoms with E-state index in [9.17, 15) is 5.26 Å². The lowest BCUT2D eigenvalue weighted by molar-refractivity contribution is 0.803. The molecule has 1 heterocycles. The van der Waals surface area contributed by atoms with Gasteiger partial charge < -0.3 is 0 Å². The second kappa shape index (κ2) is 6.06. The van der Waals surface area contributed by atoms with Crippen molar-refractivity contribution in [1.29, 1.82) is 5.26 Å². The highest BCUT2D eigenvalue weighted by atomic mass is 32.2. The van der Waals surface area contributed by atoms with Crippen LogP contribution in [0.2, 0.25) is 0 Å². The van der Waals surface area contributed by atoms with Gasteiger partial charge in [-0.25, -0.2) is 0 Å².